The van der Waals surface area contributed by atoms with Gasteiger partial charge < -0.3 is 19.7 Å². The summed E-state index contributed by atoms with van der Waals surface area (Å²) in [7, 11) is -2.35. The zero-order valence-corrected chi connectivity index (χ0v) is 15.7. The Morgan fingerprint density at radius 1 is 1.35 bits per heavy atom. The van der Waals surface area contributed by atoms with Crippen molar-refractivity contribution in [2.24, 2.45) is 17.0 Å². The van der Waals surface area contributed by atoms with Gasteiger partial charge in [-0.25, -0.2) is 15.0 Å². The van der Waals surface area contributed by atoms with Crippen molar-refractivity contribution >= 4 is 30.7 Å². The van der Waals surface area contributed by atoms with Gasteiger partial charge in [-0.1, -0.05) is 5.16 Å². The summed E-state index contributed by atoms with van der Waals surface area (Å²) in [6.07, 6.45) is 7.64. The van der Waals surface area contributed by atoms with E-state index in [9.17, 15) is 4.57 Å². The fraction of sp³-hybridized carbons (Fsp3) is 0.625. The van der Waals surface area contributed by atoms with Crippen LogP contribution in [-0.4, -0.2) is 37.7 Å². The normalized spacial score (nSPS) is 19.3. The quantitative estimate of drug-likeness (QED) is 0.404. The number of anilines is 1. The van der Waals surface area contributed by atoms with Crippen molar-refractivity contribution in [3.05, 3.63) is 12.7 Å². The summed E-state index contributed by atoms with van der Waals surface area (Å²) in [5.74, 6) is 1.46. The first-order valence-electron chi connectivity index (χ1n) is 8.92. The number of nitrogens with zero attached hydrogens (tertiary/aromatic N) is 5. The van der Waals surface area contributed by atoms with Crippen LogP contribution in [0.5, 0.6) is 0 Å². The van der Waals surface area contributed by atoms with Crippen LogP contribution in [-0.2, 0) is 20.5 Å². The smallest absolute Gasteiger partial charge is 0.288 e. The molecule has 0 saturated heterocycles. The number of oxime groups is 1. The summed E-state index contributed by atoms with van der Waals surface area (Å²) in [6.45, 7) is 2.41. The van der Waals surface area contributed by atoms with Gasteiger partial charge in [-0.3, -0.25) is 4.57 Å². The van der Waals surface area contributed by atoms with Gasteiger partial charge in [-0.2, -0.15) is 0 Å². The first-order valence-corrected chi connectivity index (χ1v) is 10.4. The second kappa shape index (κ2) is 7.32. The highest BCUT2D eigenvalue weighted by Crippen LogP contribution is 2.42. The van der Waals surface area contributed by atoms with Gasteiger partial charge in [0.05, 0.1) is 24.7 Å². The standard InChI is InChI=1S/C16H23N6O3P/c1-10(6-22-8-20-14-15(17)18-7-19-16(14)22)24-9-26(23)25-21-13(11-2-3-11)12-4-5-12/h7-8,10-12,26H,2-6,9H2,1H3,(H2,17,18,19)/t10-/m1/s1. The van der Waals surface area contributed by atoms with E-state index in [0.29, 0.717) is 35.4 Å². The van der Waals surface area contributed by atoms with E-state index in [1.807, 2.05) is 11.5 Å². The monoisotopic (exact) mass is 378 g/mol. The van der Waals surface area contributed by atoms with Gasteiger partial charge in [0.1, 0.15) is 18.2 Å². The second-order valence-electron chi connectivity index (χ2n) is 6.98. The van der Waals surface area contributed by atoms with Crippen molar-refractivity contribution in [3.8, 4) is 0 Å². The molecule has 2 aromatic heterocycles. The predicted molar refractivity (Wildman–Crippen MR) is 98.1 cm³/mol. The van der Waals surface area contributed by atoms with Crippen molar-refractivity contribution in [1.82, 2.24) is 19.5 Å². The summed E-state index contributed by atoms with van der Waals surface area (Å²) >= 11 is 0. The van der Waals surface area contributed by atoms with Crippen molar-refractivity contribution in [1.29, 1.82) is 0 Å². The van der Waals surface area contributed by atoms with E-state index in [0.717, 1.165) is 5.71 Å². The molecular formula is C16H23N6O3P. The van der Waals surface area contributed by atoms with E-state index in [1.165, 1.54) is 32.0 Å². The van der Waals surface area contributed by atoms with Crippen LogP contribution in [0.2, 0.25) is 0 Å². The van der Waals surface area contributed by atoms with E-state index in [2.05, 4.69) is 20.1 Å². The molecular weight excluding hydrogens is 355 g/mol. The fourth-order valence-electron chi connectivity index (χ4n) is 2.94. The first-order chi connectivity index (χ1) is 12.6. The number of rotatable bonds is 9. The largest absolute Gasteiger partial charge is 0.382 e. The van der Waals surface area contributed by atoms with Crippen LogP contribution in [0.25, 0.3) is 11.2 Å². The van der Waals surface area contributed by atoms with Gasteiger partial charge in [0.25, 0.3) is 8.03 Å². The van der Waals surface area contributed by atoms with Crippen LogP contribution in [0.3, 0.4) is 0 Å². The second-order valence-corrected chi connectivity index (χ2v) is 8.19. The van der Waals surface area contributed by atoms with Gasteiger partial charge in [0.2, 0.25) is 0 Å². The van der Waals surface area contributed by atoms with Crippen LogP contribution in [0.1, 0.15) is 32.6 Å². The molecule has 10 heteroatoms. The molecule has 4 rings (SSSR count). The Balaban J connectivity index is 1.28. The number of fused-ring (bicyclic) bond motifs is 1. The maximum atomic E-state index is 12.1. The molecule has 0 aliphatic heterocycles. The van der Waals surface area contributed by atoms with Gasteiger partial charge in [-0.15, -0.1) is 0 Å². The molecule has 26 heavy (non-hydrogen) atoms. The van der Waals surface area contributed by atoms with Crippen LogP contribution in [0.15, 0.2) is 17.8 Å². The lowest BCUT2D eigenvalue weighted by Crippen LogP contribution is -2.16. The molecule has 0 aromatic carbocycles. The third-order valence-electron chi connectivity index (χ3n) is 4.61. The molecule has 2 saturated carbocycles. The van der Waals surface area contributed by atoms with Crippen LogP contribution >= 0.6 is 8.03 Å². The molecule has 2 atom stereocenters. The number of nitrogen functional groups attached to an aromatic ring is 1. The van der Waals surface area contributed by atoms with E-state index in [4.69, 9.17) is 15.1 Å². The molecule has 140 valence electrons. The topological polar surface area (TPSA) is 118 Å². The molecule has 1 unspecified atom stereocenters. The number of ether oxygens (including phenoxy) is 1. The van der Waals surface area contributed by atoms with Crippen LogP contribution in [0.4, 0.5) is 5.82 Å². The van der Waals surface area contributed by atoms with Crippen molar-refractivity contribution in [2.75, 3.05) is 12.1 Å². The maximum absolute atomic E-state index is 12.1. The summed E-state index contributed by atoms with van der Waals surface area (Å²) in [5.41, 5.74) is 8.11. The number of aromatic nitrogens is 4. The minimum absolute atomic E-state index is 0.0434. The highest BCUT2D eigenvalue weighted by Gasteiger charge is 2.38. The molecule has 0 radical (unpaired) electrons. The zero-order valence-electron chi connectivity index (χ0n) is 14.7. The highest BCUT2D eigenvalue weighted by molar-refractivity contribution is 7.38. The summed E-state index contributed by atoms with van der Waals surface area (Å²) in [5, 5.41) is 4.18. The zero-order chi connectivity index (χ0) is 18.1. The molecule has 2 aliphatic carbocycles. The van der Waals surface area contributed by atoms with E-state index in [1.54, 1.807) is 6.33 Å². The van der Waals surface area contributed by atoms with Gasteiger partial charge >= 0.3 is 0 Å². The summed E-state index contributed by atoms with van der Waals surface area (Å²) in [6, 6.07) is 0. The van der Waals surface area contributed by atoms with Crippen molar-refractivity contribution < 1.29 is 13.9 Å². The average molecular weight is 378 g/mol. The summed E-state index contributed by atoms with van der Waals surface area (Å²) < 4.78 is 24.8. The lowest BCUT2D eigenvalue weighted by atomic mass is 10.2. The molecule has 9 nitrogen and oxygen atoms in total. The lowest BCUT2D eigenvalue weighted by molar-refractivity contribution is 0.0825. The Morgan fingerprint density at radius 3 is 2.77 bits per heavy atom. The van der Waals surface area contributed by atoms with Crippen molar-refractivity contribution in [3.63, 3.8) is 0 Å². The molecule has 2 fully saturated rings. The SMILES string of the molecule is C[C@H](Cn1cnc2c(N)ncnc21)OC[PH](=O)ON=C(C1CC1)C1CC1. The Kier molecular flexibility index (Phi) is 4.91. The Hall–Kier alpha value is -1.99. The van der Waals surface area contributed by atoms with Gasteiger partial charge in [0.15, 0.2) is 11.5 Å². The predicted octanol–water partition coefficient (Wildman–Crippen LogP) is 2.44. The molecule has 2 heterocycles. The fourth-order valence-corrected chi connectivity index (χ4v) is 3.62. The molecule has 0 bridgehead atoms. The minimum atomic E-state index is -2.35. The van der Waals surface area contributed by atoms with Crippen LogP contribution in [0, 0.1) is 11.8 Å². The van der Waals surface area contributed by atoms with E-state index >= 15 is 0 Å². The number of hydrogen-bond donors (Lipinski definition) is 1. The van der Waals surface area contributed by atoms with Gasteiger partial charge in [0, 0.05) is 11.8 Å². The Morgan fingerprint density at radius 2 is 2.08 bits per heavy atom. The number of hydrogen-bond acceptors (Lipinski definition) is 8. The molecule has 2 aliphatic rings. The van der Waals surface area contributed by atoms with Crippen LogP contribution < -0.4 is 5.73 Å². The van der Waals surface area contributed by atoms with E-state index < -0.39 is 8.03 Å². The molecule has 2 aromatic rings. The van der Waals surface area contributed by atoms with E-state index in [-0.39, 0.29) is 12.5 Å². The number of imidazole rings is 1. The first kappa shape index (κ1) is 17.4. The minimum Gasteiger partial charge on any atom is -0.382 e. The average Bonchev–Trinajstić information content (AvgIpc) is 3.54. The molecule has 0 spiro atoms. The number of nitrogens with two attached hydrogens (primary N) is 1. The third-order valence-corrected chi connectivity index (χ3v) is 5.31. The van der Waals surface area contributed by atoms with Crippen molar-refractivity contribution in [2.45, 2.75) is 45.3 Å². The molecule has 2 N–H and O–H groups in total. The Bertz CT molecular complexity index is 832. The summed E-state index contributed by atoms with van der Waals surface area (Å²) in [4.78, 5) is 12.3. The third kappa shape index (κ3) is 4.04. The van der Waals surface area contributed by atoms with Gasteiger partial charge in [-0.05, 0) is 32.6 Å². The molecule has 0 amide bonds. The highest BCUT2D eigenvalue weighted by atomic mass is 31.1. The Labute approximate surface area is 151 Å². The lowest BCUT2D eigenvalue weighted by Gasteiger charge is -2.13. The maximum Gasteiger partial charge on any atom is 0.288 e.